The highest BCUT2D eigenvalue weighted by molar-refractivity contribution is 6.31. The molecule has 6 heteroatoms. The fourth-order valence-corrected chi connectivity index (χ4v) is 3.32. The maximum absolute atomic E-state index is 12.8. The minimum Gasteiger partial charge on any atom is -0.345 e. The van der Waals surface area contributed by atoms with E-state index in [1.165, 1.54) is 0 Å². The quantitative estimate of drug-likeness (QED) is 0.846. The van der Waals surface area contributed by atoms with E-state index in [0.717, 1.165) is 12.0 Å². The SMILES string of the molecule is CC(NC(=O)c1ccc(Cl)cc1N1CCCC1=O)c1cccc(Cl)c1. The van der Waals surface area contributed by atoms with Gasteiger partial charge >= 0.3 is 0 Å². The van der Waals surface area contributed by atoms with Crippen molar-refractivity contribution in [3.05, 3.63) is 63.6 Å². The first kappa shape index (κ1) is 17.8. The second-order valence-electron chi connectivity index (χ2n) is 6.06. The van der Waals surface area contributed by atoms with Crippen LogP contribution in [0.3, 0.4) is 0 Å². The van der Waals surface area contributed by atoms with Gasteiger partial charge in [0, 0.05) is 23.0 Å². The van der Waals surface area contributed by atoms with Gasteiger partial charge in [-0.25, -0.2) is 0 Å². The van der Waals surface area contributed by atoms with Crippen LogP contribution in [0.1, 0.15) is 41.7 Å². The molecule has 0 aliphatic carbocycles. The summed E-state index contributed by atoms with van der Waals surface area (Å²) in [7, 11) is 0. The van der Waals surface area contributed by atoms with Crippen LogP contribution in [0.15, 0.2) is 42.5 Å². The minimum absolute atomic E-state index is 0.0132. The Hall–Kier alpha value is -2.04. The van der Waals surface area contributed by atoms with E-state index in [0.29, 0.717) is 34.3 Å². The average Bonchev–Trinajstić information content (AvgIpc) is 3.00. The Morgan fingerprint density at radius 2 is 1.92 bits per heavy atom. The first-order valence-corrected chi connectivity index (χ1v) is 8.87. The van der Waals surface area contributed by atoms with Crippen molar-refractivity contribution in [2.45, 2.75) is 25.8 Å². The predicted molar refractivity (Wildman–Crippen MR) is 100 cm³/mol. The zero-order chi connectivity index (χ0) is 18.0. The van der Waals surface area contributed by atoms with Crippen LogP contribution in [-0.4, -0.2) is 18.4 Å². The number of nitrogens with one attached hydrogen (secondary N) is 1. The molecule has 2 amide bonds. The maximum Gasteiger partial charge on any atom is 0.253 e. The molecule has 3 rings (SSSR count). The van der Waals surface area contributed by atoms with Crippen molar-refractivity contribution in [1.82, 2.24) is 5.32 Å². The molecule has 4 nitrogen and oxygen atoms in total. The van der Waals surface area contributed by atoms with Gasteiger partial charge in [-0.1, -0.05) is 35.3 Å². The monoisotopic (exact) mass is 376 g/mol. The van der Waals surface area contributed by atoms with Crippen LogP contribution >= 0.6 is 23.2 Å². The Kier molecular flexibility index (Phi) is 5.30. The number of carbonyl (C=O) groups excluding carboxylic acids is 2. The summed E-state index contributed by atoms with van der Waals surface area (Å²) in [6, 6.07) is 12.1. The third-order valence-corrected chi connectivity index (χ3v) is 4.74. The van der Waals surface area contributed by atoms with E-state index in [4.69, 9.17) is 23.2 Å². The summed E-state index contributed by atoms with van der Waals surface area (Å²) in [4.78, 5) is 26.5. The molecule has 0 saturated carbocycles. The molecule has 1 saturated heterocycles. The van der Waals surface area contributed by atoms with Gasteiger partial charge in [0.25, 0.3) is 5.91 Å². The lowest BCUT2D eigenvalue weighted by atomic mass is 10.1. The molecule has 1 heterocycles. The van der Waals surface area contributed by atoms with Crippen LogP contribution in [0.5, 0.6) is 0 Å². The zero-order valence-electron chi connectivity index (χ0n) is 13.8. The highest BCUT2D eigenvalue weighted by Crippen LogP contribution is 2.29. The second kappa shape index (κ2) is 7.46. The highest BCUT2D eigenvalue weighted by Gasteiger charge is 2.26. The zero-order valence-corrected chi connectivity index (χ0v) is 15.3. The molecule has 1 aliphatic heterocycles. The molecule has 1 N–H and O–H groups in total. The smallest absolute Gasteiger partial charge is 0.253 e. The first-order valence-electron chi connectivity index (χ1n) is 8.12. The molecule has 2 aromatic rings. The maximum atomic E-state index is 12.8. The Morgan fingerprint density at radius 3 is 2.60 bits per heavy atom. The molecular formula is C19H18Cl2N2O2. The normalized spacial score (nSPS) is 15.3. The number of anilines is 1. The van der Waals surface area contributed by atoms with Crippen LogP contribution < -0.4 is 10.2 Å². The van der Waals surface area contributed by atoms with Crippen molar-refractivity contribution >= 4 is 40.7 Å². The molecular weight excluding hydrogens is 359 g/mol. The topological polar surface area (TPSA) is 49.4 Å². The molecule has 2 aromatic carbocycles. The summed E-state index contributed by atoms with van der Waals surface area (Å²) in [5.41, 5.74) is 1.91. The van der Waals surface area contributed by atoms with Gasteiger partial charge in [0.05, 0.1) is 17.3 Å². The fourth-order valence-electron chi connectivity index (χ4n) is 2.96. The number of carbonyl (C=O) groups is 2. The second-order valence-corrected chi connectivity index (χ2v) is 6.93. The van der Waals surface area contributed by atoms with E-state index in [9.17, 15) is 9.59 Å². The highest BCUT2D eigenvalue weighted by atomic mass is 35.5. The summed E-state index contributed by atoms with van der Waals surface area (Å²) >= 11 is 12.1. The Labute approximate surface area is 156 Å². The molecule has 1 atom stereocenters. The van der Waals surface area contributed by atoms with Gasteiger partial charge in [0.2, 0.25) is 5.91 Å². The number of halogens is 2. The fraction of sp³-hybridized carbons (Fsp3) is 0.263. The van der Waals surface area contributed by atoms with Crippen LogP contribution in [0.2, 0.25) is 10.0 Å². The van der Waals surface area contributed by atoms with Crippen LogP contribution in [0.25, 0.3) is 0 Å². The number of rotatable bonds is 4. The van der Waals surface area contributed by atoms with E-state index in [2.05, 4.69) is 5.32 Å². The first-order chi connectivity index (χ1) is 12.0. The molecule has 0 aromatic heterocycles. The predicted octanol–water partition coefficient (Wildman–Crippen LogP) is 4.61. The standard InChI is InChI=1S/C19H18Cl2N2O2/c1-12(13-4-2-5-14(20)10-13)22-19(25)16-8-7-15(21)11-17(16)23-9-3-6-18(23)24/h2,4-5,7-8,10-12H,3,6,9H2,1H3,(H,22,25). The van der Waals surface area contributed by atoms with E-state index in [-0.39, 0.29) is 17.9 Å². The van der Waals surface area contributed by atoms with E-state index < -0.39 is 0 Å². The van der Waals surface area contributed by atoms with Crippen LogP contribution in [-0.2, 0) is 4.79 Å². The Bertz CT molecular complexity index is 823. The van der Waals surface area contributed by atoms with Crippen LogP contribution in [0, 0.1) is 0 Å². The van der Waals surface area contributed by atoms with Crippen LogP contribution in [0.4, 0.5) is 5.69 Å². The minimum atomic E-state index is -0.251. The summed E-state index contributed by atoms with van der Waals surface area (Å²) in [5, 5.41) is 4.07. The van der Waals surface area contributed by atoms with E-state index in [1.807, 2.05) is 25.1 Å². The third kappa shape index (κ3) is 3.97. The van der Waals surface area contributed by atoms with Gasteiger partial charge < -0.3 is 10.2 Å². The number of hydrogen-bond donors (Lipinski definition) is 1. The molecule has 0 spiro atoms. The lowest BCUT2D eigenvalue weighted by Crippen LogP contribution is -2.31. The van der Waals surface area contributed by atoms with Gasteiger partial charge in [-0.05, 0) is 49.2 Å². The Morgan fingerprint density at radius 1 is 1.16 bits per heavy atom. The van der Waals surface area contributed by atoms with Gasteiger partial charge in [0.15, 0.2) is 0 Å². The van der Waals surface area contributed by atoms with Crippen molar-refractivity contribution in [3.63, 3.8) is 0 Å². The summed E-state index contributed by atoms with van der Waals surface area (Å²) in [5.74, 6) is -0.238. The van der Waals surface area contributed by atoms with Gasteiger partial charge in [0.1, 0.15) is 0 Å². The summed E-state index contributed by atoms with van der Waals surface area (Å²) in [6.07, 6.45) is 1.28. The van der Waals surface area contributed by atoms with Gasteiger partial charge in [-0.2, -0.15) is 0 Å². The van der Waals surface area contributed by atoms with Gasteiger partial charge in [-0.3, -0.25) is 9.59 Å². The number of nitrogens with zero attached hydrogens (tertiary/aromatic N) is 1. The van der Waals surface area contributed by atoms with Crippen molar-refractivity contribution in [3.8, 4) is 0 Å². The van der Waals surface area contributed by atoms with Crippen molar-refractivity contribution in [2.24, 2.45) is 0 Å². The van der Waals surface area contributed by atoms with Gasteiger partial charge in [-0.15, -0.1) is 0 Å². The number of benzene rings is 2. The lowest BCUT2D eigenvalue weighted by molar-refractivity contribution is -0.117. The molecule has 1 fully saturated rings. The Balaban J connectivity index is 1.86. The molecule has 0 bridgehead atoms. The summed E-state index contributed by atoms with van der Waals surface area (Å²) < 4.78 is 0. The van der Waals surface area contributed by atoms with Crippen molar-refractivity contribution < 1.29 is 9.59 Å². The molecule has 1 unspecified atom stereocenters. The lowest BCUT2D eigenvalue weighted by Gasteiger charge is -2.21. The molecule has 0 radical (unpaired) electrons. The summed E-state index contributed by atoms with van der Waals surface area (Å²) in [6.45, 7) is 2.49. The third-order valence-electron chi connectivity index (χ3n) is 4.26. The number of amides is 2. The molecule has 1 aliphatic rings. The number of hydrogen-bond acceptors (Lipinski definition) is 2. The van der Waals surface area contributed by atoms with Crippen molar-refractivity contribution in [2.75, 3.05) is 11.4 Å². The molecule has 130 valence electrons. The molecule has 25 heavy (non-hydrogen) atoms. The van der Waals surface area contributed by atoms with E-state index >= 15 is 0 Å². The van der Waals surface area contributed by atoms with E-state index in [1.54, 1.807) is 29.2 Å². The largest absolute Gasteiger partial charge is 0.345 e. The average molecular weight is 377 g/mol. The van der Waals surface area contributed by atoms with Crippen molar-refractivity contribution in [1.29, 1.82) is 0 Å².